The van der Waals surface area contributed by atoms with Crippen molar-refractivity contribution in [2.24, 2.45) is 4.99 Å². The van der Waals surface area contributed by atoms with Gasteiger partial charge in [0.05, 0.1) is 0 Å². The fourth-order valence-corrected chi connectivity index (χ4v) is 3.14. The summed E-state index contributed by atoms with van der Waals surface area (Å²) >= 11 is 3.45. The van der Waals surface area contributed by atoms with E-state index in [4.69, 9.17) is 0 Å². The number of aromatic nitrogens is 1. The molecule has 1 aromatic heterocycles. The van der Waals surface area contributed by atoms with E-state index in [1.54, 1.807) is 23.1 Å². The van der Waals surface area contributed by atoms with Crippen molar-refractivity contribution in [2.75, 3.05) is 5.75 Å². The Kier molecular flexibility index (Phi) is 3.02. The van der Waals surface area contributed by atoms with E-state index >= 15 is 0 Å². The second-order valence-corrected chi connectivity index (χ2v) is 6.17. The van der Waals surface area contributed by atoms with Crippen LogP contribution in [-0.2, 0) is 0 Å². The van der Waals surface area contributed by atoms with E-state index in [1.165, 1.54) is 0 Å². The Morgan fingerprint density at radius 2 is 2.40 bits per heavy atom. The monoisotopic (exact) mass is 241 g/mol. The minimum Gasteiger partial charge on any atom is -0.359 e. The molecule has 2 heterocycles. The summed E-state index contributed by atoms with van der Waals surface area (Å²) in [5.74, 6) is 1.08. The fourth-order valence-electron chi connectivity index (χ4n) is 1.35. The van der Waals surface area contributed by atoms with Gasteiger partial charge in [-0.15, -0.1) is 11.3 Å². The SMILES string of the molecule is CC(N=C1NC(C)(C)CS1)c1nccs1. The molecule has 0 spiro atoms. The number of rotatable bonds is 2. The van der Waals surface area contributed by atoms with Gasteiger partial charge >= 0.3 is 0 Å². The van der Waals surface area contributed by atoms with Crippen LogP contribution in [0.5, 0.6) is 0 Å². The van der Waals surface area contributed by atoms with Crippen molar-refractivity contribution in [2.45, 2.75) is 32.4 Å². The van der Waals surface area contributed by atoms with Crippen molar-refractivity contribution in [1.82, 2.24) is 10.3 Å². The van der Waals surface area contributed by atoms with E-state index in [1.807, 2.05) is 11.6 Å². The molecule has 0 saturated carbocycles. The standard InChI is InChI=1S/C10H15N3S2/c1-7(8-11-4-5-14-8)12-9-13-10(2,3)6-15-9/h4-5,7H,6H2,1-3H3,(H,12,13). The molecule has 1 unspecified atom stereocenters. The average molecular weight is 241 g/mol. The van der Waals surface area contributed by atoms with Crippen LogP contribution in [-0.4, -0.2) is 21.4 Å². The van der Waals surface area contributed by atoms with Crippen LogP contribution in [0.2, 0.25) is 0 Å². The second kappa shape index (κ2) is 4.14. The summed E-state index contributed by atoms with van der Waals surface area (Å²) in [5.41, 5.74) is 0.173. The molecule has 3 nitrogen and oxygen atoms in total. The Morgan fingerprint density at radius 1 is 1.60 bits per heavy atom. The minimum absolute atomic E-state index is 0.161. The minimum atomic E-state index is 0.161. The highest BCUT2D eigenvalue weighted by Gasteiger charge is 2.27. The van der Waals surface area contributed by atoms with Gasteiger partial charge in [0.1, 0.15) is 11.0 Å². The molecule has 0 radical (unpaired) electrons. The van der Waals surface area contributed by atoms with Crippen LogP contribution in [0.1, 0.15) is 31.8 Å². The van der Waals surface area contributed by atoms with E-state index in [0.717, 1.165) is 15.9 Å². The first-order chi connectivity index (χ1) is 7.07. The molecule has 1 fully saturated rings. The predicted octanol–water partition coefficient (Wildman–Crippen LogP) is 2.68. The van der Waals surface area contributed by atoms with E-state index in [2.05, 4.69) is 36.1 Å². The highest BCUT2D eigenvalue weighted by atomic mass is 32.2. The van der Waals surface area contributed by atoms with Gasteiger partial charge in [0, 0.05) is 22.9 Å². The molecule has 0 aromatic carbocycles. The van der Waals surface area contributed by atoms with Gasteiger partial charge in [0.15, 0.2) is 5.17 Å². The third kappa shape index (κ3) is 2.72. The number of amidine groups is 1. The number of nitrogens with zero attached hydrogens (tertiary/aromatic N) is 2. The van der Waals surface area contributed by atoms with Crippen molar-refractivity contribution < 1.29 is 0 Å². The molecule has 1 saturated heterocycles. The van der Waals surface area contributed by atoms with Crippen LogP contribution in [0.25, 0.3) is 0 Å². The molecule has 1 aromatic rings. The maximum absolute atomic E-state index is 4.63. The Morgan fingerprint density at radius 3 is 2.93 bits per heavy atom. The topological polar surface area (TPSA) is 37.3 Å². The second-order valence-electron chi connectivity index (χ2n) is 4.28. The first-order valence-corrected chi connectivity index (χ1v) is 6.81. The molecule has 5 heteroatoms. The largest absolute Gasteiger partial charge is 0.359 e. The number of thiazole rings is 1. The highest BCUT2D eigenvalue weighted by molar-refractivity contribution is 8.14. The number of nitrogens with one attached hydrogen (secondary N) is 1. The lowest BCUT2D eigenvalue weighted by molar-refractivity contribution is 0.535. The zero-order valence-electron chi connectivity index (χ0n) is 9.15. The first kappa shape index (κ1) is 11.0. The first-order valence-electron chi connectivity index (χ1n) is 4.95. The van der Waals surface area contributed by atoms with Crippen molar-refractivity contribution in [3.05, 3.63) is 16.6 Å². The summed E-state index contributed by atoms with van der Waals surface area (Å²) in [4.78, 5) is 8.90. The average Bonchev–Trinajstić information content (AvgIpc) is 2.74. The molecule has 0 bridgehead atoms. The summed E-state index contributed by atoms with van der Waals surface area (Å²) in [6, 6.07) is 0.161. The molecular weight excluding hydrogens is 226 g/mol. The lowest BCUT2D eigenvalue weighted by atomic mass is 10.1. The van der Waals surface area contributed by atoms with E-state index in [-0.39, 0.29) is 11.6 Å². The maximum atomic E-state index is 4.63. The zero-order valence-corrected chi connectivity index (χ0v) is 10.8. The molecule has 1 atom stereocenters. The van der Waals surface area contributed by atoms with Crippen LogP contribution in [0.15, 0.2) is 16.6 Å². The van der Waals surface area contributed by atoms with Crippen LogP contribution >= 0.6 is 23.1 Å². The van der Waals surface area contributed by atoms with Crippen LogP contribution in [0.3, 0.4) is 0 Å². The Labute approximate surface area is 98.4 Å². The molecule has 82 valence electrons. The lowest BCUT2D eigenvalue weighted by Crippen LogP contribution is -2.37. The third-order valence-corrected chi connectivity index (χ3v) is 4.43. The Bertz CT molecular complexity index is 357. The number of aliphatic imine (C=N–C) groups is 1. The number of thioether (sulfide) groups is 1. The highest BCUT2D eigenvalue weighted by Crippen LogP contribution is 2.26. The van der Waals surface area contributed by atoms with Gasteiger partial charge in [-0.25, -0.2) is 4.98 Å². The van der Waals surface area contributed by atoms with E-state index in [0.29, 0.717) is 0 Å². The normalized spacial score (nSPS) is 24.1. The van der Waals surface area contributed by atoms with Crippen molar-refractivity contribution in [1.29, 1.82) is 0 Å². The van der Waals surface area contributed by atoms with E-state index in [9.17, 15) is 0 Å². The van der Waals surface area contributed by atoms with Gasteiger partial charge in [0.25, 0.3) is 0 Å². The van der Waals surface area contributed by atoms with Crippen molar-refractivity contribution >= 4 is 28.3 Å². The van der Waals surface area contributed by atoms with Gasteiger partial charge in [-0.1, -0.05) is 11.8 Å². The van der Waals surface area contributed by atoms with Gasteiger partial charge in [-0.2, -0.15) is 0 Å². The van der Waals surface area contributed by atoms with Crippen molar-refractivity contribution in [3.63, 3.8) is 0 Å². The molecule has 0 aliphatic carbocycles. The third-order valence-electron chi connectivity index (χ3n) is 2.13. The van der Waals surface area contributed by atoms with Gasteiger partial charge in [-0.05, 0) is 20.8 Å². The van der Waals surface area contributed by atoms with Crippen molar-refractivity contribution in [3.8, 4) is 0 Å². The van der Waals surface area contributed by atoms with Crippen LogP contribution in [0.4, 0.5) is 0 Å². The molecule has 2 rings (SSSR count). The lowest BCUT2D eigenvalue weighted by Gasteiger charge is -2.16. The summed E-state index contributed by atoms with van der Waals surface area (Å²) < 4.78 is 0. The zero-order chi connectivity index (χ0) is 10.9. The quantitative estimate of drug-likeness (QED) is 0.865. The fraction of sp³-hybridized carbons (Fsp3) is 0.600. The predicted molar refractivity (Wildman–Crippen MR) is 67.6 cm³/mol. The molecule has 1 aliphatic heterocycles. The van der Waals surface area contributed by atoms with Gasteiger partial charge in [-0.3, -0.25) is 4.99 Å². The Hall–Kier alpha value is -0.550. The van der Waals surface area contributed by atoms with Crippen LogP contribution in [0, 0.1) is 0 Å². The number of hydrogen-bond acceptors (Lipinski definition) is 4. The number of hydrogen-bond donors (Lipinski definition) is 1. The van der Waals surface area contributed by atoms with E-state index < -0.39 is 0 Å². The smallest absolute Gasteiger partial charge is 0.157 e. The van der Waals surface area contributed by atoms with Gasteiger partial charge in [0.2, 0.25) is 0 Å². The molecule has 1 aliphatic rings. The summed E-state index contributed by atoms with van der Waals surface area (Å²) in [6.07, 6.45) is 1.83. The molecule has 15 heavy (non-hydrogen) atoms. The molecule has 0 amide bonds. The summed E-state index contributed by atoms with van der Waals surface area (Å²) in [7, 11) is 0. The van der Waals surface area contributed by atoms with Gasteiger partial charge < -0.3 is 5.32 Å². The Balaban J connectivity index is 2.05. The maximum Gasteiger partial charge on any atom is 0.157 e. The van der Waals surface area contributed by atoms with Crippen LogP contribution < -0.4 is 5.32 Å². The molecular formula is C10H15N3S2. The molecule has 1 N–H and O–H groups in total. The summed E-state index contributed by atoms with van der Waals surface area (Å²) in [6.45, 7) is 6.46. The summed E-state index contributed by atoms with van der Waals surface area (Å²) in [5, 5.41) is 7.53.